The monoisotopic (exact) mass is 369 g/mol. The first-order valence-corrected chi connectivity index (χ1v) is 7.17. The van der Waals surface area contributed by atoms with Gasteiger partial charge in [-0.15, -0.1) is 0 Å². The normalized spacial score (nSPS) is 16.4. The smallest absolute Gasteiger partial charge is 0.364 e. The number of aliphatic hydroxyl groups excluding tert-OH is 4. The molecule has 25 heavy (non-hydrogen) atoms. The minimum Gasteiger partial charge on any atom is -0.477 e. The van der Waals surface area contributed by atoms with E-state index in [1.54, 1.807) is 0 Å². The molecule has 0 heterocycles. The highest BCUT2D eigenvalue weighted by Crippen LogP contribution is 2.18. The zero-order valence-electron chi connectivity index (χ0n) is 13.4. The molecule has 8 N–H and O–H groups in total. The fourth-order valence-electron chi connectivity index (χ4n) is 1.95. The molecule has 0 fully saturated rings. The number of carboxylic acids is 1. The first-order chi connectivity index (χ1) is 11.4. The Morgan fingerprint density at radius 2 is 1.68 bits per heavy atom. The fourth-order valence-corrected chi connectivity index (χ4v) is 1.95. The van der Waals surface area contributed by atoms with Gasteiger partial charge in [0, 0.05) is 19.8 Å². The highest BCUT2D eigenvalue weighted by atomic mass is 16.6. The maximum atomic E-state index is 11.3. The molecule has 1 amide bonds. The fraction of sp³-hybridized carbons (Fsp3) is 0.769. The molecule has 0 aliphatic carbocycles. The Bertz CT molecular complexity index is 467. The van der Waals surface area contributed by atoms with Gasteiger partial charge < -0.3 is 45.8 Å². The van der Waals surface area contributed by atoms with E-state index in [1.807, 2.05) is 0 Å². The lowest BCUT2D eigenvalue weighted by Crippen LogP contribution is -2.52. The average Bonchev–Trinajstić information content (AvgIpc) is 2.51. The Balaban J connectivity index is 5.33. The second-order valence-electron chi connectivity index (χ2n) is 5.36. The van der Waals surface area contributed by atoms with Crippen LogP contribution in [0, 0.1) is 0 Å². The molecular formula is C13H23NO11. The first-order valence-electron chi connectivity index (χ1n) is 7.17. The molecule has 0 saturated carbocycles. The number of amides is 1. The highest BCUT2D eigenvalue weighted by Gasteiger charge is 2.40. The lowest BCUT2D eigenvalue weighted by atomic mass is 9.95. The van der Waals surface area contributed by atoms with Gasteiger partial charge in [0.25, 0.3) is 5.79 Å². The van der Waals surface area contributed by atoms with Gasteiger partial charge in [0.15, 0.2) is 0 Å². The van der Waals surface area contributed by atoms with Crippen molar-refractivity contribution in [3.63, 3.8) is 0 Å². The Morgan fingerprint density at radius 3 is 2.08 bits per heavy atom. The van der Waals surface area contributed by atoms with E-state index in [0.29, 0.717) is 0 Å². The lowest BCUT2D eigenvalue weighted by Gasteiger charge is -2.31. The molecule has 12 heteroatoms. The van der Waals surface area contributed by atoms with Gasteiger partial charge in [0.2, 0.25) is 5.91 Å². The number of hydrogen-bond acceptors (Lipinski definition) is 10. The number of carbonyl (C=O) groups excluding carboxylic acids is 2. The minimum absolute atomic E-state index is 0.510. The van der Waals surface area contributed by atoms with Gasteiger partial charge in [0.1, 0.15) is 18.8 Å². The summed E-state index contributed by atoms with van der Waals surface area (Å²) in [5.41, 5.74) is 0. The number of aliphatic carboxylic acids is 1. The SMILES string of the molecule is CC(=O)OC(CC(NC(=O)CO)C(O)CC(O)(O)C(=O)O)C(O)CO. The quantitative estimate of drug-likeness (QED) is 0.129. The Labute approximate surface area is 142 Å². The van der Waals surface area contributed by atoms with Gasteiger partial charge in [-0.3, -0.25) is 9.59 Å². The average molecular weight is 369 g/mol. The summed E-state index contributed by atoms with van der Waals surface area (Å²) in [6.07, 6.45) is -6.51. The second-order valence-corrected chi connectivity index (χ2v) is 5.36. The van der Waals surface area contributed by atoms with Gasteiger partial charge in [0.05, 0.1) is 18.8 Å². The number of aliphatic hydroxyl groups is 6. The second kappa shape index (κ2) is 10.2. The van der Waals surface area contributed by atoms with Crippen LogP contribution in [0.25, 0.3) is 0 Å². The van der Waals surface area contributed by atoms with E-state index in [0.717, 1.165) is 6.92 Å². The standard InChI is InChI=1S/C13H23NO11/c1-6(17)25-10(9(19)4-15)2-7(14-11(20)5-16)8(18)3-13(23,24)12(21)22/h7-10,15-16,18-19,23-24H,2-5H2,1H3,(H,14,20)(H,21,22). The first kappa shape index (κ1) is 23.2. The van der Waals surface area contributed by atoms with Gasteiger partial charge in [-0.25, -0.2) is 4.79 Å². The van der Waals surface area contributed by atoms with Crippen molar-refractivity contribution in [2.45, 2.75) is 49.9 Å². The van der Waals surface area contributed by atoms with Crippen LogP contribution in [0.3, 0.4) is 0 Å². The van der Waals surface area contributed by atoms with Crippen molar-refractivity contribution in [2.75, 3.05) is 13.2 Å². The van der Waals surface area contributed by atoms with Crippen molar-refractivity contribution in [3.05, 3.63) is 0 Å². The summed E-state index contributed by atoms with van der Waals surface area (Å²) in [5.74, 6) is -7.20. The molecule has 0 aliphatic rings. The van der Waals surface area contributed by atoms with Crippen LogP contribution in [0.5, 0.6) is 0 Å². The van der Waals surface area contributed by atoms with Gasteiger partial charge in [-0.1, -0.05) is 0 Å². The number of ether oxygens (including phenoxy) is 1. The number of rotatable bonds is 11. The van der Waals surface area contributed by atoms with E-state index in [1.165, 1.54) is 0 Å². The van der Waals surface area contributed by atoms with Crippen LogP contribution in [0.2, 0.25) is 0 Å². The van der Waals surface area contributed by atoms with Crippen LogP contribution in [-0.2, 0) is 19.1 Å². The summed E-state index contributed by atoms with van der Waals surface area (Å²) < 4.78 is 4.76. The summed E-state index contributed by atoms with van der Waals surface area (Å²) in [7, 11) is 0. The van der Waals surface area contributed by atoms with Crippen molar-refractivity contribution in [1.82, 2.24) is 5.32 Å². The molecule has 0 aliphatic heterocycles. The molecule has 0 radical (unpaired) electrons. The molecule has 4 atom stereocenters. The topological polar surface area (TPSA) is 214 Å². The van der Waals surface area contributed by atoms with E-state index in [2.05, 4.69) is 5.32 Å². The van der Waals surface area contributed by atoms with Crippen molar-refractivity contribution in [1.29, 1.82) is 0 Å². The lowest BCUT2D eigenvalue weighted by molar-refractivity contribution is -0.213. The third kappa shape index (κ3) is 8.20. The third-order valence-corrected chi connectivity index (χ3v) is 3.21. The van der Waals surface area contributed by atoms with E-state index in [-0.39, 0.29) is 0 Å². The van der Waals surface area contributed by atoms with Crippen LogP contribution in [0.4, 0.5) is 0 Å². The zero-order valence-corrected chi connectivity index (χ0v) is 13.4. The molecular weight excluding hydrogens is 346 g/mol. The van der Waals surface area contributed by atoms with E-state index in [9.17, 15) is 34.8 Å². The summed E-state index contributed by atoms with van der Waals surface area (Å²) >= 11 is 0. The maximum Gasteiger partial charge on any atom is 0.364 e. The van der Waals surface area contributed by atoms with Crippen molar-refractivity contribution in [2.24, 2.45) is 0 Å². The summed E-state index contributed by atoms with van der Waals surface area (Å²) in [5, 5.41) is 66.7. The number of esters is 1. The molecule has 0 aromatic rings. The predicted octanol–water partition coefficient (Wildman–Crippen LogP) is -4.34. The highest BCUT2D eigenvalue weighted by molar-refractivity contribution is 5.77. The number of carboxylic acid groups (broad SMARTS) is 1. The van der Waals surface area contributed by atoms with Crippen LogP contribution in [0.15, 0.2) is 0 Å². The minimum atomic E-state index is -3.31. The molecule has 0 aromatic heterocycles. The van der Waals surface area contributed by atoms with Crippen LogP contribution in [0.1, 0.15) is 19.8 Å². The summed E-state index contributed by atoms with van der Waals surface area (Å²) in [6, 6.07) is -1.44. The molecule has 0 spiro atoms. The zero-order chi connectivity index (χ0) is 19.8. The van der Waals surface area contributed by atoms with Crippen molar-refractivity contribution >= 4 is 17.8 Å². The number of hydrogen-bond donors (Lipinski definition) is 8. The van der Waals surface area contributed by atoms with Gasteiger partial charge >= 0.3 is 11.9 Å². The summed E-state index contributed by atoms with van der Waals surface area (Å²) in [4.78, 5) is 33.1. The number of carbonyl (C=O) groups is 3. The predicted molar refractivity (Wildman–Crippen MR) is 77.7 cm³/mol. The van der Waals surface area contributed by atoms with Crippen molar-refractivity contribution < 1.29 is 54.9 Å². The van der Waals surface area contributed by atoms with Gasteiger partial charge in [-0.05, 0) is 0 Å². The third-order valence-electron chi connectivity index (χ3n) is 3.21. The van der Waals surface area contributed by atoms with E-state index in [4.69, 9.17) is 20.1 Å². The number of nitrogens with one attached hydrogen (secondary N) is 1. The van der Waals surface area contributed by atoms with E-state index < -0.39 is 74.0 Å². The molecule has 0 aromatic carbocycles. The maximum absolute atomic E-state index is 11.3. The van der Waals surface area contributed by atoms with Crippen LogP contribution in [-0.4, -0.2) is 96.9 Å². The van der Waals surface area contributed by atoms with Crippen molar-refractivity contribution in [3.8, 4) is 0 Å². The molecule has 12 nitrogen and oxygen atoms in total. The molecule has 4 unspecified atom stereocenters. The van der Waals surface area contributed by atoms with Crippen LogP contribution < -0.4 is 5.32 Å². The van der Waals surface area contributed by atoms with Gasteiger partial charge in [-0.2, -0.15) is 0 Å². The van der Waals surface area contributed by atoms with E-state index >= 15 is 0 Å². The van der Waals surface area contributed by atoms with Crippen LogP contribution >= 0.6 is 0 Å². The Kier molecular flexibility index (Phi) is 9.48. The molecule has 0 bridgehead atoms. The molecule has 146 valence electrons. The largest absolute Gasteiger partial charge is 0.477 e. The Morgan fingerprint density at radius 1 is 1.12 bits per heavy atom. The molecule has 0 saturated heterocycles. The molecule has 0 rings (SSSR count). The summed E-state index contributed by atoms with van der Waals surface area (Å²) in [6.45, 7) is -0.814. The Hall–Kier alpha value is -1.83.